The Morgan fingerprint density at radius 2 is 1.58 bits per heavy atom. The zero-order valence-electron chi connectivity index (χ0n) is 15.4. The summed E-state index contributed by atoms with van der Waals surface area (Å²) in [5, 5.41) is 0. The number of hydrogen-bond acceptors (Lipinski definition) is 1. The first-order chi connectivity index (χ1) is 11.8. The summed E-state index contributed by atoms with van der Waals surface area (Å²) in [6, 6.07) is 10.3. The fourth-order valence-electron chi connectivity index (χ4n) is 2.96. The Kier molecular flexibility index (Phi) is 8.37. The van der Waals surface area contributed by atoms with Gasteiger partial charge >= 0.3 is 0 Å². The second kappa shape index (κ2) is 10.9. The summed E-state index contributed by atoms with van der Waals surface area (Å²) in [4.78, 5) is 8.10. The van der Waals surface area contributed by atoms with Gasteiger partial charge in [-0.05, 0) is 25.8 Å². The Bertz CT molecular complexity index is 596. The average molecular weight is 325 g/mol. The van der Waals surface area contributed by atoms with Crippen molar-refractivity contribution in [2.45, 2.75) is 71.6 Å². The normalized spacial score (nSPS) is 11.4. The van der Waals surface area contributed by atoms with Crippen molar-refractivity contribution < 1.29 is 0 Å². The van der Waals surface area contributed by atoms with Crippen molar-refractivity contribution in [1.29, 1.82) is 0 Å². The summed E-state index contributed by atoms with van der Waals surface area (Å²) < 4.78 is 0. The number of hydrogen-bond donors (Lipinski definition) is 1. The van der Waals surface area contributed by atoms with Gasteiger partial charge in [-0.25, -0.2) is 4.98 Å². The van der Waals surface area contributed by atoms with E-state index < -0.39 is 0 Å². The van der Waals surface area contributed by atoms with Gasteiger partial charge in [-0.3, -0.25) is 0 Å². The highest BCUT2D eigenvalue weighted by Gasteiger charge is 2.05. The van der Waals surface area contributed by atoms with Gasteiger partial charge < -0.3 is 4.98 Å². The van der Waals surface area contributed by atoms with Crippen molar-refractivity contribution >= 4 is 6.08 Å². The molecule has 0 aliphatic rings. The molecule has 1 aromatic carbocycles. The molecule has 0 amide bonds. The molecular formula is C22H32N2. The van der Waals surface area contributed by atoms with Crippen molar-refractivity contribution in [2.75, 3.05) is 0 Å². The van der Waals surface area contributed by atoms with Crippen LogP contribution in [0.25, 0.3) is 17.5 Å². The van der Waals surface area contributed by atoms with Crippen LogP contribution in [-0.4, -0.2) is 9.97 Å². The molecule has 0 spiro atoms. The lowest BCUT2D eigenvalue weighted by Gasteiger charge is -1.99. The van der Waals surface area contributed by atoms with Crippen LogP contribution in [0.15, 0.2) is 36.4 Å². The number of rotatable bonds is 11. The van der Waals surface area contributed by atoms with Gasteiger partial charge in [0.15, 0.2) is 0 Å². The largest absolute Gasteiger partial charge is 0.342 e. The van der Waals surface area contributed by atoms with E-state index in [-0.39, 0.29) is 0 Å². The van der Waals surface area contributed by atoms with Crippen molar-refractivity contribution in [3.05, 3.63) is 47.8 Å². The Labute approximate surface area is 147 Å². The number of aromatic nitrogens is 2. The zero-order chi connectivity index (χ0) is 17.0. The van der Waals surface area contributed by atoms with Crippen molar-refractivity contribution in [2.24, 2.45) is 0 Å². The summed E-state index contributed by atoms with van der Waals surface area (Å²) in [5.41, 5.74) is 3.35. The molecule has 0 radical (unpaired) electrons. The van der Waals surface area contributed by atoms with Crippen LogP contribution in [0.5, 0.6) is 0 Å². The molecule has 0 aliphatic carbocycles. The number of H-pyrrole nitrogens is 1. The fourth-order valence-corrected chi connectivity index (χ4v) is 2.96. The molecule has 0 atom stereocenters. The standard InChI is InChI=1S/C22H32N2/c1-3-4-5-6-7-8-9-10-11-15-18-21-19(2)23-22(24-21)20-16-13-12-14-17-20/h12-18H,3-11H2,1-2H3,(H,23,24)/b18-15+. The lowest BCUT2D eigenvalue weighted by Crippen LogP contribution is -1.80. The van der Waals surface area contributed by atoms with Gasteiger partial charge in [-0.15, -0.1) is 0 Å². The molecule has 0 bridgehead atoms. The summed E-state index contributed by atoms with van der Waals surface area (Å²) in [6.07, 6.45) is 16.6. The van der Waals surface area contributed by atoms with Gasteiger partial charge in [-0.1, -0.05) is 88.3 Å². The predicted octanol–water partition coefficient (Wildman–Crippen LogP) is 6.93. The third kappa shape index (κ3) is 6.35. The molecule has 2 nitrogen and oxygen atoms in total. The molecule has 0 aliphatic heterocycles. The van der Waals surface area contributed by atoms with Crippen LogP contribution in [0.4, 0.5) is 0 Å². The molecule has 2 rings (SSSR count). The minimum absolute atomic E-state index is 0.958. The van der Waals surface area contributed by atoms with Crippen LogP contribution in [-0.2, 0) is 0 Å². The molecule has 0 saturated carbocycles. The first-order valence-corrected chi connectivity index (χ1v) is 9.60. The van der Waals surface area contributed by atoms with Gasteiger partial charge in [0.05, 0.1) is 5.69 Å². The number of unbranched alkanes of at least 4 members (excludes halogenated alkanes) is 8. The molecule has 2 heteroatoms. The van der Waals surface area contributed by atoms with Gasteiger partial charge in [0.1, 0.15) is 5.82 Å². The predicted molar refractivity (Wildman–Crippen MR) is 105 cm³/mol. The first-order valence-electron chi connectivity index (χ1n) is 9.60. The van der Waals surface area contributed by atoms with Crippen molar-refractivity contribution in [3.8, 4) is 11.4 Å². The number of allylic oxidation sites excluding steroid dienone is 1. The number of nitrogens with one attached hydrogen (secondary N) is 1. The van der Waals surface area contributed by atoms with Gasteiger partial charge in [0.25, 0.3) is 0 Å². The Morgan fingerprint density at radius 3 is 2.29 bits per heavy atom. The van der Waals surface area contributed by atoms with E-state index in [0.29, 0.717) is 0 Å². The molecule has 0 unspecified atom stereocenters. The summed E-state index contributed by atoms with van der Waals surface area (Å²) >= 11 is 0. The third-order valence-electron chi connectivity index (χ3n) is 4.47. The molecule has 0 saturated heterocycles. The number of aryl methyl sites for hydroxylation is 1. The van der Waals surface area contributed by atoms with Crippen LogP contribution < -0.4 is 0 Å². The van der Waals surface area contributed by atoms with E-state index in [1.54, 1.807) is 0 Å². The Balaban J connectivity index is 1.68. The fraction of sp³-hybridized carbons (Fsp3) is 0.500. The van der Waals surface area contributed by atoms with Crippen molar-refractivity contribution in [1.82, 2.24) is 9.97 Å². The lowest BCUT2D eigenvalue weighted by atomic mass is 10.1. The van der Waals surface area contributed by atoms with Crippen molar-refractivity contribution in [3.63, 3.8) is 0 Å². The monoisotopic (exact) mass is 324 g/mol. The molecular weight excluding hydrogens is 292 g/mol. The van der Waals surface area contributed by atoms with E-state index in [1.807, 2.05) is 18.2 Å². The molecule has 1 heterocycles. The van der Waals surface area contributed by atoms with Gasteiger partial charge in [-0.2, -0.15) is 0 Å². The third-order valence-corrected chi connectivity index (χ3v) is 4.47. The maximum Gasteiger partial charge on any atom is 0.138 e. The zero-order valence-corrected chi connectivity index (χ0v) is 15.4. The summed E-state index contributed by atoms with van der Waals surface area (Å²) in [6.45, 7) is 4.37. The minimum atomic E-state index is 0.958. The number of aromatic amines is 1. The molecule has 0 fully saturated rings. The van der Waals surface area contributed by atoms with E-state index in [4.69, 9.17) is 4.98 Å². The van der Waals surface area contributed by atoms with E-state index in [9.17, 15) is 0 Å². The molecule has 2 aromatic rings. The Morgan fingerprint density at radius 1 is 0.917 bits per heavy atom. The topological polar surface area (TPSA) is 28.7 Å². The lowest BCUT2D eigenvalue weighted by molar-refractivity contribution is 0.578. The first kappa shape index (κ1) is 18.5. The second-order valence-corrected chi connectivity index (χ2v) is 6.63. The number of imidazole rings is 1. The Hall–Kier alpha value is -1.83. The van der Waals surface area contributed by atoms with Crippen LogP contribution >= 0.6 is 0 Å². The maximum atomic E-state index is 4.71. The molecule has 24 heavy (non-hydrogen) atoms. The smallest absolute Gasteiger partial charge is 0.138 e. The van der Waals surface area contributed by atoms with E-state index in [1.165, 1.54) is 51.4 Å². The quantitative estimate of drug-likeness (QED) is 0.446. The van der Waals surface area contributed by atoms with E-state index >= 15 is 0 Å². The second-order valence-electron chi connectivity index (χ2n) is 6.63. The van der Waals surface area contributed by atoms with E-state index in [2.05, 4.69) is 43.1 Å². The SMILES string of the molecule is CCCCCCCCCC/C=C/c1nc(-c2ccccc2)[nH]c1C. The summed E-state index contributed by atoms with van der Waals surface area (Å²) in [5.74, 6) is 0.958. The van der Waals surface area contributed by atoms with Crippen LogP contribution in [0.3, 0.4) is 0 Å². The number of benzene rings is 1. The number of nitrogens with zero attached hydrogens (tertiary/aromatic N) is 1. The maximum absolute atomic E-state index is 4.71. The highest BCUT2D eigenvalue weighted by atomic mass is 14.9. The van der Waals surface area contributed by atoms with Crippen LogP contribution in [0.2, 0.25) is 0 Å². The highest BCUT2D eigenvalue weighted by Crippen LogP contribution is 2.18. The minimum Gasteiger partial charge on any atom is -0.342 e. The summed E-state index contributed by atoms with van der Waals surface area (Å²) in [7, 11) is 0. The van der Waals surface area contributed by atoms with Crippen LogP contribution in [0, 0.1) is 6.92 Å². The van der Waals surface area contributed by atoms with Gasteiger partial charge in [0, 0.05) is 11.3 Å². The van der Waals surface area contributed by atoms with Gasteiger partial charge in [0.2, 0.25) is 0 Å². The molecule has 1 aromatic heterocycles. The van der Waals surface area contributed by atoms with Crippen LogP contribution in [0.1, 0.15) is 76.1 Å². The highest BCUT2D eigenvalue weighted by molar-refractivity contribution is 5.59. The van der Waals surface area contributed by atoms with E-state index in [0.717, 1.165) is 29.2 Å². The molecule has 1 N–H and O–H groups in total. The average Bonchev–Trinajstić information content (AvgIpc) is 2.98. The molecule has 130 valence electrons.